The first-order valence-corrected chi connectivity index (χ1v) is 9.77. The van der Waals surface area contributed by atoms with E-state index < -0.39 is 0 Å². The lowest BCUT2D eigenvalue weighted by Gasteiger charge is -2.10. The molecule has 0 bridgehead atoms. The molecular weight excluding hydrogens is 389 g/mol. The molecule has 144 valence electrons. The zero-order chi connectivity index (χ0) is 19.6. The number of benzene rings is 2. The Morgan fingerprint density at radius 2 is 2.04 bits per heavy atom. The Hall–Kier alpha value is -2.18. The summed E-state index contributed by atoms with van der Waals surface area (Å²) in [7, 11) is 3.03. The van der Waals surface area contributed by atoms with E-state index in [1.807, 2.05) is 6.07 Å². The van der Waals surface area contributed by atoms with Gasteiger partial charge in [0.25, 0.3) is 0 Å². The molecule has 0 aliphatic heterocycles. The first-order valence-electron chi connectivity index (χ1n) is 8.23. The Morgan fingerprint density at radius 1 is 1.26 bits per heavy atom. The van der Waals surface area contributed by atoms with Gasteiger partial charge in [-0.25, -0.2) is 4.39 Å². The van der Waals surface area contributed by atoms with Gasteiger partial charge in [0.05, 0.1) is 19.2 Å². The first kappa shape index (κ1) is 21.1. The lowest BCUT2D eigenvalue weighted by atomic mass is 10.2. The second-order valence-electron chi connectivity index (χ2n) is 5.51. The summed E-state index contributed by atoms with van der Waals surface area (Å²) in [5, 5.41) is 3.19. The Morgan fingerprint density at radius 3 is 2.74 bits per heavy atom. The van der Waals surface area contributed by atoms with Gasteiger partial charge in [0.2, 0.25) is 5.91 Å². The molecule has 2 aromatic carbocycles. The van der Waals surface area contributed by atoms with Crippen LogP contribution in [0.15, 0.2) is 42.5 Å². The molecule has 0 saturated carbocycles. The van der Waals surface area contributed by atoms with E-state index in [4.69, 9.17) is 21.1 Å². The number of ether oxygens (including phenoxy) is 2. The molecule has 0 aliphatic rings. The molecule has 1 amide bonds. The van der Waals surface area contributed by atoms with Gasteiger partial charge in [-0.05, 0) is 35.4 Å². The summed E-state index contributed by atoms with van der Waals surface area (Å²) in [5.41, 5.74) is 1.39. The lowest BCUT2D eigenvalue weighted by molar-refractivity contribution is -0.116. The first-order chi connectivity index (χ1) is 13.0. The Labute approximate surface area is 167 Å². The van der Waals surface area contributed by atoms with Crippen LogP contribution in [0.3, 0.4) is 0 Å². The van der Waals surface area contributed by atoms with E-state index in [1.165, 1.54) is 26.4 Å². The van der Waals surface area contributed by atoms with Crippen molar-refractivity contribution < 1.29 is 18.7 Å². The van der Waals surface area contributed by atoms with Crippen LogP contribution < -0.4 is 14.8 Å². The molecular formula is C20H21ClFNO3S. The summed E-state index contributed by atoms with van der Waals surface area (Å²) in [6.45, 7) is 0.495. The number of nitrogens with one attached hydrogen (secondary N) is 1. The monoisotopic (exact) mass is 409 g/mol. The van der Waals surface area contributed by atoms with Crippen molar-refractivity contribution in [3.8, 4) is 11.5 Å². The summed E-state index contributed by atoms with van der Waals surface area (Å²) in [4.78, 5) is 11.9. The smallest absolute Gasteiger partial charge is 0.244 e. The molecule has 0 radical (unpaired) electrons. The summed E-state index contributed by atoms with van der Waals surface area (Å²) < 4.78 is 23.9. The fourth-order valence-corrected chi connectivity index (χ4v) is 3.45. The van der Waals surface area contributed by atoms with Crippen molar-refractivity contribution in [1.82, 2.24) is 5.32 Å². The highest BCUT2D eigenvalue weighted by molar-refractivity contribution is 7.98. The molecule has 0 aliphatic carbocycles. The molecule has 0 aromatic heterocycles. The molecule has 2 aromatic rings. The average Bonchev–Trinajstić information content (AvgIpc) is 2.67. The molecule has 27 heavy (non-hydrogen) atoms. The number of carbonyl (C=O) groups excluding carboxylic acids is 1. The van der Waals surface area contributed by atoms with Crippen LogP contribution in [0.4, 0.5) is 4.39 Å². The second-order valence-corrected chi connectivity index (χ2v) is 7.02. The van der Waals surface area contributed by atoms with Gasteiger partial charge in [-0.2, -0.15) is 11.8 Å². The minimum absolute atomic E-state index is 0.203. The van der Waals surface area contributed by atoms with Gasteiger partial charge in [-0.1, -0.05) is 29.8 Å². The van der Waals surface area contributed by atoms with E-state index in [2.05, 4.69) is 5.32 Å². The normalized spacial score (nSPS) is 10.8. The third-order valence-electron chi connectivity index (χ3n) is 3.64. The molecule has 1 N–H and O–H groups in total. The van der Waals surface area contributed by atoms with E-state index in [1.54, 1.807) is 42.1 Å². The van der Waals surface area contributed by atoms with Crippen molar-refractivity contribution in [2.75, 3.05) is 26.5 Å². The summed E-state index contributed by atoms with van der Waals surface area (Å²) >= 11 is 7.70. The Balaban J connectivity index is 1.78. The number of methoxy groups -OCH3 is 2. The molecule has 0 fully saturated rings. The van der Waals surface area contributed by atoms with E-state index in [9.17, 15) is 9.18 Å². The van der Waals surface area contributed by atoms with Gasteiger partial charge < -0.3 is 14.8 Å². The second kappa shape index (κ2) is 10.8. The molecule has 0 unspecified atom stereocenters. The van der Waals surface area contributed by atoms with Crippen molar-refractivity contribution in [2.45, 2.75) is 5.75 Å². The highest BCUT2D eigenvalue weighted by Gasteiger charge is 2.09. The highest BCUT2D eigenvalue weighted by atomic mass is 35.5. The molecule has 0 saturated heterocycles. The number of rotatable bonds is 9. The van der Waals surface area contributed by atoms with Gasteiger partial charge in [-0.15, -0.1) is 0 Å². The van der Waals surface area contributed by atoms with Gasteiger partial charge in [-0.3, -0.25) is 4.79 Å². The van der Waals surface area contributed by atoms with Gasteiger partial charge in [0.15, 0.2) is 11.5 Å². The molecule has 4 nitrogen and oxygen atoms in total. The fraction of sp³-hybridized carbons (Fsp3) is 0.250. The predicted octanol–water partition coefficient (Wildman–Crippen LogP) is 4.56. The molecule has 7 heteroatoms. The summed E-state index contributed by atoms with van der Waals surface area (Å²) in [6.07, 6.45) is 3.08. The average molecular weight is 410 g/mol. The summed E-state index contributed by atoms with van der Waals surface area (Å²) in [5.74, 6) is 1.79. The van der Waals surface area contributed by atoms with E-state index in [0.717, 1.165) is 5.56 Å². The number of halogens is 2. The van der Waals surface area contributed by atoms with Crippen LogP contribution in [-0.2, 0) is 10.5 Å². The number of thioether (sulfide) groups is 1. The quantitative estimate of drug-likeness (QED) is 0.487. The Kier molecular flexibility index (Phi) is 8.48. The van der Waals surface area contributed by atoms with E-state index in [0.29, 0.717) is 40.1 Å². The van der Waals surface area contributed by atoms with Crippen LogP contribution in [0.2, 0.25) is 5.02 Å². The van der Waals surface area contributed by atoms with Crippen molar-refractivity contribution >= 4 is 35.3 Å². The number of carbonyl (C=O) groups is 1. The van der Waals surface area contributed by atoms with Crippen molar-refractivity contribution in [3.63, 3.8) is 0 Å². The number of hydrogen-bond acceptors (Lipinski definition) is 4. The predicted molar refractivity (Wildman–Crippen MR) is 109 cm³/mol. The van der Waals surface area contributed by atoms with Crippen molar-refractivity contribution in [3.05, 3.63) is 64.4 Å². The number of amides is 1. The topological polar surface area (TPSA) is 47.6 Å². The zero-order valence-corrected chi connectivity index (χ0v) is 16.7. The maximum absolute atomic E-state index is 13.5. The maximum atomic E-state index is 13.5. The number of hydrogen-bond donors (Lipinski definition) is 1. The van der Waals surface area contributed by atoms with Crippen LogP contribution in [0.5, 0.6) is 11.5 Å². The third kappa shape index (κ3) is 6.48. The maximum Gasteiger partial charge on any atom is 0.244 e. The minimum atomic E-state index is -0.215. The zero-order valence-electron chi connectivity index (χ0n) is 15.1. The SMILES string of the molecule is COc1cc(/C=C/C(=O)NCCSCc2ccccc2F)cc(Cl)c1OC. The van der Waals surface area contributed by atoms with Crippen LogP contribution >= 0.6 is 23.4 Å². The van der Waals surface area contributed by atoms with Crippen molar-refractivity contribution in [2.24, 2.45) is 0 Å². The molecule has 0 spiro atoms. The summed E-state index contributed by atoms with van der Waals surface area (Å²) in [6, 6.07) is 10.1. The molecule has 0 atom stereocenters. The minimum Gasteiger partial charge on any atom is -0.493 e. The highest BCUT2D eigenvalue weighted by Crippen LogP contribution is 2.36. The van der Waals surface area contributed by atoms with E-state index >= 15 is 0 Å². The van der Waals surface area contributed by atoms with Crippen LogP contribution in [0, 0.1) is 5.82 Å². The van der Waals surface area contributed by atoms with Gasteiger partial charge >= 0.3 is 0 Å². The van der Waals surface area contributed by atoms with Crippen LogP contribution in [0.1, 0.15) is 11.1 Å². The molecule has 2 rings (SSSR count). The fourth-order valence-electron chi connectivity index (χ4n) is 2.31. The largest absolute Gasteiger partial charge is 0.493 e. The Bertz CT molecular complexity index is 814. The van der Waals surface area contributed by atoms with Gasteiger partial charge in [0, 0.05) is 24.1 Å². The third-order valence-corrected chi connectivity index (χ3v) is 4.93. The van der Waals surface area contributed by atoms with E-state index in [-0.39, 0.29) is 11.7 Å². The molecule has 0 heterocycles. The lowest BCUT2D eigenvalue weighted by Crippen LogP contribution is -2.23. The van der Waals surface area contributed by atoms with Crippen molar-refractivity contribution in [1.29, 1.82) is 0 Å². The van der Waals surface area contributed by atoms with Gasteiger partial charge in [0.1, 0.15) is 5.82 Å². The standard InChI is InChI=1S/C20H21ClFNO3S/c1-25-18-12-14(11-16(21)20(18)26-2)7-8-19(24)23-9-10-27-13-15-5-3-4-6-17(15)22/h3-8,11-12H,9-10,13H2,1-2H3,(H,23,24)/b8-7+. The van der Waals surface area contributed by atoms with Crippen LogP contribution in [-0.4, -0.2) is 32.4 Å². The van der Waals surface area contributed by atoms with Crippen LogP contribution in [0.25, 0.3) is 6.08 Å².